The average molecular weight is 400 g/mol. The lowest BCUT2D eigenvalue weighted by atomic mass is 10.1. The zero-order valence-corrected chi connectivity index (χ0v) is 16.4. The number of hydrogen-bond donors (Lipinski definition) is 2. The Morgan fingerprint density at radius 2 is 1.85 bits per heavy atom. The molecule has 0 saturated carbocycles. The third-order valence-electron chi connectivity index (χ3n) is 3.45. The van der Waals surface area contributed by atoms with E-state index in [4.69, 9.17) is 19.9 Å². The molecule has 9 nitrogen and oxygen atoms in total. The molecule has 0 bridgehead atoms. The van der Waals surface area contributed by atoms with Crippen molar-refractivity contribution in [2.45, 2.75) is 33.1 Å². The Bertz CT molecular complexity index is 700. The molecule has 1 aromatic rings. The summed E-state index contributed by atoms with van der Waals surface area (Å²) in [5, 5.41) is 2.58. The van der Waals surface area contributed by atoms with Crippen molar-refractivity contribution in [3.05, 3.63) is 16.0 Å². The molecule has 3 N–H and O–H groups in total. The van der Waals surface area contributed by atoms with E-state index in [0.29, 0.717) is 12.0 Å². The van der Waals surface area contributed by atoms with E-state index in [9.17, 15) is 19.2 Å². The fraction of sp³-hybridized carbons (Fsp3) is 0.529. The number of esters is 2. The molecule has 0 atom stereocenters. The molecule has 1 rings (SSSR count). The summed E-state index contributed by atoms with van der Waals surface area (Å²) in [6.45, 7) is 3.18. The predicted molar refractivity (Wildman–Crippen MR) is 98.8 cm³/mol. The van der Waals surface area contributed by atoms with Crippen molar-refractivity contribution in [3.63, 3.8) is 0 Å². The van der Waals surface area contributed by atoms with E-state index in [-0.39, 0.29) is 35.1 Å². The third kappa shape index (κ3) is 6.99. The Morgan fingerprint density at radius 1 is 1.15 bits per heavy atom. The molecule has 0 radical (unpaired) electrons. The zero-order chi connectivity index (χ0) is 20.4. The molecule has 2 amide bonds. The second-order valence-corrected chi connectivity index (χ2v) is 6.59. The van der Waals surface area contributed by atoms with Gasteiger partial charge in [0.05, 0.1) is 17.0 Å². The van der Waals surface area contributed by atoms with Crippen LogP contribution in [-0.4, -0.2) is 50.7 Å². The number of rotatable bonds is 11. The van der Waals surface area contributed by atoms with Gasteiger partial charge in [-0.3, -0.25) is 14.4 Å². The van der Waals surface area contributed by atoms with Gasteiger partial charge in [0.25, 0.3) is 11.8 Å². The Morgan fingerprint density at radius 3 is 2.44 bits per heavy atom. The molecule has 1 aromatic heterocycles. The highest BCUT2D eigenvalue weighted by atomic mass is 32.1. The molecule has 0 aliphatic rings. The smallest absolute Gasteiger partial charge is 0.341 e. The fourth-order valence-corrected chi connectivity index (χ4v) is 3.14. The van der Waals surface area contributed by atoms with Crippen LogP contribution in [0.25, 0.3) is 0 Å². The number of carbonyl (C=O) groups excluding carboxylic acids is 4. The van der Waals surface area contributed by atoms with Gasteiger partial charge in [-0.1, -0.05) is 13.3 Å². The highest BCUT2D eigenvalue weighted by Crippen LogP contribution is 2.33. The van der Waals surface area contributed by atoms with Gasteiger partial charge in [-0.2, -0.15) is 0 Å². The van der Waals surface area contributed by atoms with E-state index < -0.39 is 30.4 Å². The van der Waals surface area contributed by atoms with Gasteiger partial charge in [0.2, 0.25) is 0 Å². The largest absolute Gasteiger partial charge is 0.460 e. The van der Waals surface area contributed by atoms with Crippen molar-refractivity contribution in [1.82, 2.24) is 0 Å². The quantitative estimate of drug-likeness (QED) is 0.426. The molecule has 0 spiro atoms. The third-order valence-corrected chi connectivity index (χ3v) is 4.67. The molecule has 27 heavy (non-hydrogen) atoms. The van der Waals surface area contributed by atoms with Crippen LogP contribution in [0.2, 0.25) is 0 Å². The first-order valence-electron chi connectivity index (χ1n) is 8.36. The molecule has 0 fully saturated rings. The van der Waals surface area contributed by atoms with Crippen LogP contribution >= 0.6 is 11.3 Å². The monoisotopic (exact) mass is 400 g/mol. The number of ether oxygens (including phenoxy) is 3. The molecule has 10 heteroatoms. The number of carbonyl (C=O) groups is 4. The minimum absolute atomic E-state index is 0.0128. The van der Waals surface area contributed by atoms with Crippen LogP contribution in [0.15, 0.2) is 0 Å². The number of nitrogens with one attached hydrogen (secondary N) is 1. The summed E-state index contributed by atoms with van der Waals surface area (Å²) in [6, 6.07) is 0. The molecule has 150 valence electrons. The molecular formula is C17H24N2O7S. The summed E-state index contributed by atoms with van der Waals surface area (Å²) in [5.41, 5.74) is 5.66. The van der Waals surface area contributed by atoms with Crippen LogP contribution < -0.4 is 11.1 Å². The van der Waals surface area contributed by atoms with E-state index in [0.717, 1.165) is 17.8 Å². The number of methoxy groups -OCH3 is 1. The molecule has 1 heterocycles. The van der Waals surface area contributed by atoms with Gasteiger partial charge in [-0.05, 0) is 18.9 Å². The maximum atomic E-state index is 12.3. The van der Waals surface area contributed by atoms with Gasteiger partial charge in [-0.25, -0.2) is 4.79 Å². The van der Waals surface area contributed by atoms with Gasteiger partial charge in [0.1, 0.15) is 11.6 Å². The number of primary amides is 1. The zero-order valence-electron chi connectivity index (χ0n) is 15.6. The van der Waals surface area contributed by atoms with Gasteiger partial charge in [-0.15, -0.1) is 11.3 Å². The topological polar surface area (TPSA) is 134 Å². The summed E-state index contributed by atoms with van der Waals surface area (Å²) in [4.78, 5) is 47.5. The number of unbranched alkanes of at least 4 members (excludes halogenated alkanes) is 1. The van der Waals surface area contributed by atoms with Crippen LogP contribution in [0.3, 0.4) is 0 Å². The van der Waals surface area contributed by atoms with Crippen molar-refractivity contribution < 1.29 is 33.4 Å². The number of anilines is 1. The van der Waals surface area contributed by atoms with Crippen molar-refractivity contribution in [1.29, 1.82) is 0 Å². The molecular weight excluding hydrogens is 376 g/mol. The van der Waals surface area contributed by atoms with Gasteiger partial charge in [0, 0.05) is 13.5 Å². The summed E-state index contributed by atoms with van der Waals surface area (Å²) >= 11 is 0.859. The van der Waals surface area contributed by atoms with E-state index in [1.54, 1.807) is 0 Å². The highest BCUT2D eigenvalue weighted by molar-refractivity contribution is 7.18. The van der Waals surface area contributed by atoms with Crippen molar-refractivity contribution in [3.8, 4) is 0 Å². The summed E-state index contributed by atoms with van der Waals surface area (Å²) in [5.74, 6) is -2.56. The molecule has 0 aromatic carbocycles. The summed E-state index contributed by atoms with van der Waals surface area (Å²) in [6.07, 6.45) is 1.73. The average Bonchev–Trinajstić information content (AvgIpc) is 2.94. The minimum Gasteiger partial charge on any atom is -0.460 e. The molecule has 0 unspecified atom stereocenters. The number of thiophene rings is 1. The van der Waals surface area contributed by atoms with Gasteiger partial charge < -0.3 is 25.3 Å². The lowest BCUT2D eigenvalue weighted by Gasteiger charge is -2.08. The van der Waals surface area contributed by atoms with Gasteiger partial charge >= 0.3 is 11.9 Å². The van der Waals surface area contributed by atoms with E-state index >= 15 is 0 Å². The normalized spacial score (nSPS) is 10.3. The number of amides is 2. The van der Waals surface area contributed by atoms with E-state index in [1.165, 1.54) is 14.0 Å². The van der Waals surface area contributed by atoms with Crippen LogP contribution in [0.1, 0.15) is 51.8 Å². The lowest BCUT2D eigenvalue weighted by Crippen LogP contribution is -2.22. The van der Waals surface area contributed by atoms with Crippen LogP contribution in [0, 0.1) is 6.92 Å². The van der Waals surface area contributed by atoms with Crippen molar-refractivity contribution in [2.24, 2.45) is 5.73 Å². The predicted octanol–water partition coefficient (Wildman–Crippen LogP) is 1.63. The van der Waals surface area contributed by atoms with Crippen LogP contribution in [-0.2, 0) is 23.8 Å². The standard InChI is InChI=1S/C17H24N2O7S/c1-4-5-6-12(21)26-9-11(20)19-16-13(17(23)25-8-7-24-3)10(2)14(27-16)15(18)22/h4-9H2,1-3H3,(H2,18,22)(H,19,20). The van der Waals surface area contributed by atoms with E-state index in [1.807, 2.05) is 6.92 Å². The second kappa shape index (κ2) is 11.3. The Balaban J connectivity index is 2.87. The minimum atomic E-state index is -0.727. The first-order valence-corrected chi connectivity index (χ1v) is 9.18. The number of hydrogen-bond acceptors (Lipinski definition) is 8. The maximum absolute atomic E-state index is 12.3. The first kappa shape index (κ1) is 22.6. The SMILES string of the molecule is CCCCC(=O)OCC(=O)Nc1sc(C(N)=O)c(C)c1C(=O)OCCOC. The Labute approximate surface area is 161 Å². The molecule has 0 aliphatic heterocycles. The number of nitrogens with two attached hydrogens (primary N) is 1. The summed E-state index contributed by atoms with van der Waals surface area (Å²) < 4.78 is 14.7. The summed E-state index contributed by atoms with van der Waals surface area (Å²) in [7, 11) is 1.46. The maximum Gasteiger partial charge on any atom is 0.341 e. The Hall–Kier alpha value is -2.46. The Kier molecular flexibility index (Phi) is 9.45. The lowest BCUT2D eigenvalue weighted by molar-refractivity contribution is -0.147. The van der Waals surface area contributed by atoms with E-state index in [2.05, 4.69) is 5.32 Å². The second-order valence-electron chi connectivity index (χ2n) is 5.57. The van der Waals surface area contributed by atoms with Crippen molar-refractivity contribution >= 4 is 40.1 Å². The molecule has 0 aliphatic carbocycles. The highest BCUT2D eigenvalue weighted by Gasteiger charge is 2.26. The fourth-order valence-electron chi connectivity index (χ4n) is 2.07. The van der Waals surface area contributed by atoms with Gasteiger partial charge in [0.15, 0.2) is 6.61 Å². The van der Waals surface area contributed by atoms with Crippen LogP contribution in [0.4, 0.5) is 5.00 Å². The van der Waals surface area contributed by atoms with Crippen LogP contribution in [0.5, 0.6) is 0 Å². The van der Waals surface area contributed by atoms with Crippen molar-refractivity contribution in [2.75, 3.05) is 32.2 Å². The first-order chi connectivity index (χ1) is 12.8. The molecule has 0 saturated heterocycles.